The normalized spacial score (nSPS) is 10.4. The van der Waals surface area contributed by atoms with E-state index in [1.54, 1.807) is 36.4 Å². The highest BCUT2D eigenvalue weighted by atomic mass is 16.5. The first-order valence-corrected chi connectivity index (χ1v) is 8.09. The fourth-order valence-electron chi connectivity index (χ4n) is 2.14. The van der Waals surface area contributed by atoms with E-state index in [4.69, 9.17) is 10.5 Å². The molecule has 8 nitrogen and oxygen atoms in total. The number of rotatable bonds is 6. The van der Waals surface area contributed by atoms with E-state index in [1.165, 1.54) is 6.21 Å². The largest absolute Gasteiger partial charge is 0.483 e. The van der Waals surface area contributed by atoms with E-state index in [2.05, 4.69) is 15.8 Å². The molecule has 0 fully saturated rings. The molecule has 0 heterocycles. The Morgan fingerprint density at radius 3 is 2.56 bits per heavy atom. The predicted octanol–water partition coefficient (Wildman–Crippen LogP) is 1.26. The first-order valence-electron chi connectivity index (χ1n) is 8.09. The van der Waals surface area contributed by atoms with Gasteiger partial charge < -0.3 is 15.8 Å². The molecular weight excluding hydrogens is 348 g/mol. The Bertz CT molecular complexity index is 893. The van der Waals surface area contributed by atoms with Gasteiger partial charge in [0.05, 0.1) is 6.21 Å². The zero-order valence-corrected chi connectivity index (χ0v) is 15.0. The predicted molar refractivity (Wildman–Crippen MR) is 101 cm³/mol. The van der Waals surface area contributed by atoms with Crippen LogP contribution in [0.5, 0.6) is 5.75 Å². The lowest BCUT2D eigenvalue weighted by Gasteiger charge is -2.09. The summed E-state index contributed by atoms with van der Waals surface area (Å²) in [6, 6.07) is 12.1. The molecule has 140 valence electrons. The van der Waals surface area contributed by atoms with Gasteiger partial charge >= 0.3 is 11.8 Å². The van der Waals surface area contributed by atoms with Gasteiger partial charge in [-0.2, -0.15) is 5.10 Å². The first kappa shape index (κ1) is 19.6. The Morgan fingerprint density at radius 2 is 1.81 bits per heavy atom. The summed E-state index contributed by atoms with van der Waals surface area (Å²) in [5.74, 6) is -1.99. The maximum absolute atomic E-state index is 12.0. The summed E-state index contributed by atoms with van der Waals surface area (Å²) >= 11 is 0. The highest BCUT2D eigenvalue weighted by Crippen LogP contribution is 2.18. The molecule has 0 atom stereocenters. The topological polar surface area (TPSA) is 123 Å². The van der Waals surface area contributed by atoms with E-state index in [1.807, 2.05) is 19.9 Å². The Labute approximate surface area is 156 Å². The number of nitrogens with zero attached hydrogens (tertiary/aromatic N) is 1. The molecule has 2 aromatic rings. The van der Waals surface area contributed by atoms with Crippen LogP contribution in [0.2, 0.25) is 0 Å². The molecule has 0 saturated carbocycles. The summed E-state index contributed by atoms with van der Waals surface area (Å²) in [6.07, 6.45) is 1.30. The van der Waals surface area contributed by atoms with Crippen molar-refractivity contribution in [1.29, 1.82) is 0 Å². The van der Waals surface area contributed by atoms with Gasteiger partial charge in [-0.3, -0.25) is 14.4 Å². The average Bonchev–Trinajstić information content (AvgIpc) is 2.64. The molecule has 0 radical (unpaired) electrons. The number of anilines is 1. The molecule has 2 aromatic carbocycles. The second-order valence-electron chi connectivity index (χ2n) is 5.69. The SMILES string of the molecule is Cc1cccc(NC(=O)C(=O)N/N=C\c2ccccc2OCC(N)=O)c1C. The van der Waals surface area contributed by atoms with Crippen molar-refractivity contribution in [2.75, 3.05) is 11.9 Å². The van der Waals surface area contributed by atoms with Crippen LogP contribution in [0.4, 0.5) is 5.69 Å². The molecule has 4 N–H and O–H groups in total. The van der Waals surface area contributed by atoms with Crippen LogP contribution < -0.4 is 21.2 Å². The van der Waals surface area contributed by atoms with Gasteiger partial charge in [-0.25, -0.2) is 5.43 Å². The number of amides is 3. The minimum atomic E-state index is -0.914. The third-order valence-corrected chi connectivity index (χ3v) is 3.72. The Balaban J connectivity index is 1.97. The zero-order valence-electron chi connectivity index (χ0n) is 15.0. The maximum atomic E-state index is 12.0. The number of benzene rings is 2. The molecule has 0 aliphatic carbocycles. The average molecular weight is 368 g/mol. The van der Waals surface area contributed by atoms with E-state index in [0.717, 1.165) is 11.1 Å². The number of nitrogens with one attached hydrogen (secondary N) is 2. The number of ether oxygens (including phenoxy) is 1. The van der Waals surface area contributed by atoms with Crippen LogP contribution in [0.1, 0.15) is 16.7 Å². The molecule has 8 heteroatoms. The standard InChI is InChI=1S/C19H20N4O4/c1-12-6-5-8-15(13(12)2)22-18(25)19(26)23-21-10-14-7-3-4-9-16(14)27-11-17(20)24/h3-10H,11H2,1-2H3,(H2,20,24)(H,22,25)(H,23,26)/b21-10-. The molecule has 0 aromatic heterocycles. The van der Waals surface area contributed by atoms with Crippen molar-refractivity contribution in [1.82, 2.24) is 5.43 Å². The highest BCUT2D eigenvalue weighted by Gasteiger charge is 2.14. The van der Waals surface area contributed by atoms with Gasteiger partial charge in [0.2, 0.25) is 0 Å². The summed E-state index contributed by atoms with van der Waals surface area (Å²) < 4.78 is 5.25. The minimum absolute atomic E-state index is 0.282. The number of carbonyl (C=O) groups is 3. The number of aryl methyl sites for hydroxylation is 1. The molecule has 3 amide bonds. The highest BCUT2D eigenvalue weighted by molar-refractivity contribution is 6.39. The number of hydrogen-bond acceptors (Lipinski definition) is 5. The molecule has 0 aliphatic heterocycles. The molecule has 0 unspecified atom stereocenters. The Kier molecular flexibility index (Phi) is 6.65. The van der Waals surface area contributed by atoms with Gasteiger partial charge in [-0.15, -0.1) is 0 Å². The van der Waals surface area contributed by atoms with E-state index in [0.29, 0.717) is 17.0 Å². The molecule has 0 spiro atoms. The van der Waals surface area contributed by atoms with Gasteiger partial charge in [0.1, 0.15) is 5.75 Å². The first-order chi connectivity index (χ1) is 12.9. The van der Waals surface area contributed by atoms with E-state index in [9.17, 15) is 14.4 Å². The van der Waals surface area contributed by atoms with Crippen LogP contribution in [0, 0.1) is 13.8 Å². The second kappa shape index (κ2) is 9.14. The van der Waals surface area contributed by atoms with Gasteiger partial charge in [0, 0.05) is 11.3 Å². The van der Waals surface area contributed by atoms with Gasteiger partial charge in [0.25, 0.3) is 5.91 Å². The quantitative estimate of drug-likeness (QED) is 0.403. The zero-order chi connectivity index (χ0) is 19.8. The van der Waals surface area contributed by atoms with Gasteiger partial charge in [-0.1, -0.05) is 24.3 Å². The third-order valence-electron chi connectivity index (χ3n) is 3.72. The summed E-state index contributed by atoms with van der Waals surface area (Å²) in [4.78, 5) is 34.7. The van der Waals surface area contributed by atoms with Crippen LogP contribution >= 0.6 is 0 Å². The number of carbonyl (C=O) groups excluding carboxylic acids is 3. The second-order valence-corrected chi connectivity index (χ2v) is 5.69. The Morgan fingerprint density at radius 1 is 1.07 bits per heavy atom. The molecule has 0 aliphatic rings. The van der Waals surface area contributed by atoms with E-state index in [-0.39, 0.29) is 6.61 Å². The lowest BCUT2D eigenvalue weighted by Crippen LogP contribution is -2.32. The minimum Gasteiger partial charge on any atom is -0.483 e. The molecule has 0 saturated heterocycles. The van der Waals surface area contributed by atoms with E-state index >= 15 is 0 Å². The van der Waals surface area contributed by atoms with Crippen LogP contribution in [0.3, 0.4) is 0 Å². The number of primary amides is 1. The van der Waals surface area contributed by atoms with Crippen molar-refractivity contribution >= 4 is 29.6 Å². The molecule has 27 heavy (non-hydrogen) atoms. The number of hydrazone groups is 1. The lowest BCUT2D eigenvalue weighted by molar-refractivity contribution is -0.136. The summed E-state index contributed by atoms with van der Waals surface area (Å²) in [5.41, 5.74) is 10.1. The maximum Gasteiger partial charge on any atom is 0.329 e. The monoisotopic (exact) mass is 368 g/mol. The van der Waals surface area contributed by atoms with Crippen molar-refractivity contribution in [2.24, 2.45) is 10.8 Å². The molecular formula is C19H20N4O4. The summed E-state index contributed by atoms with van der Waals surface area (Å²) in [5, 5.41) is 6.29. The number of hydrogen-bond donors (Lipinski definition) is 3. The van der Waals surface area contributed by atoms with Crippen molar-refractivity contribution in [3.63, 3.8) is 0 Å². The molecule has 0 bridgehead atoms. The number of para-hydroxylation sites is 1. The lowest BCUT2D eigenvalue weighted by atomic mass is 10.1. The smallest absolute Gasteiger partial charge is 0.329 e. The van der Waals surface area contributed by atoms with Crippen molar-refractivity contribution in [3.05, 3.63) is 59.2 Å². The van der Waals surface area contributed by atoms with Crippen LogP contribution in [0.15, 0.2) is 47.6 Å². The van der Waals surface area contributed by atoms with Crippen molar-refractivity contribution < 1.29 is 19.1 Å². The third kappa shape index (κ3) is 5.67. The fourth-order valence-corrected chi connectivity index (χ4v) is 2.14. The van der Waals surface area contributed by atoms with Crippen LogP contribution in [-0.4, -0.2) is 30.5 Å². The van der Waals surface area contributed by atoms with Crippen LogP contribution in [-0.2, 0) is 14.4 Å². The van der Waals surface area contributed by atoms with Gasteiger partial charge in [0.15, 0.2) is 6.61 Å². The van der Waals surface area contributed by atoms with E-state index < -0.39 is 17.7 Å². The Hall–Kier alpha value is -3.68. The fraction of sp³-hybridized carbons (Fsp3) is 0.158. The van der Waals surface area contributed by atoms with Crippen molar-refractivity contribution in [2.45, 2.75) is 13.8 Å². The number of nitrogens with two attached hydrogens (primary N) is 1. The summed E-state index contributed by atoms with van der Waals surface area (Å²) in [7, 11) is 0. The molecule has 2 rings (SSSR count). The van der Waals surface area contributed by atoms with Crippen molar-refractivity contribution in [3.8, 4) is 5.75 Å². The van der Waals surface area contributed by atoms with Gasteiger partial charge in [-0.05, 0) is 43.2 Å². The summed E-state index contributed by atoms with van der Waals surface area (Å²) in [6.45, 7) is 3.48. The van der Waals surface area contributed by atoms with Crippen LogP contribution in [0.25, 0.3) is 0 Å².